The van der Waals surface area contributed by atoms with Crippen molar-refractivity contribution >= 4 is 12.2 Å². The molecule has 0 unspecified atom stereocenters. The average Bonchev–Trinajstić information content (AvgIpc) is 3.32. The summed E-state index contributed by atoms with van der Waals surface area (Å²) >= 11 is 0. The van der Waals surface area contributed by atoms with Crippen LogP contribution in [0.1, 0.15) is 80.4 Å². The van der Waals surface area contributed by atoms with Crippen LogP contribution in [-0.2, 0) is 15.9 Å². The predicted octanol–water partition coefficient (Wildman–Crippen LogP) is 5.87. The van der Waals surface area contributed by atoms with Crippen molar-refractivity contribution in [2.75, 3.05) is 13.2 Å². The highest BCUT2D eigenvalue weighted by molar-refractivity contribution is 5.71. The standard InChI is InChI=1S/C25H33NO3/c1-2-3-4-5-6-7-14-28-23-11-10-19-15-20(8-9-21(19)16-23)22-12-13-25(17-22)18-29-24(27)26-25/h2,8-9,15-16,22H,1,3-7,10-14,17-18H2,(H,26,27)/t22-,25+/m0/s1. The first-order valence-electron chi connectivity index (χ1n) is 11.2. The fraction of sp³-hybridized carbons (Fsp3) is 0.560. The molecular weight excluding hydrogens is 362 g/mol. The molecular formula is C25H33NO3. The van der Waals surface area contributed by atoms with Crippen LogP contribution in [0.5, 0.6) is 0 Å². The van der Waals surface area contributed by atoms with Gasteiger partial charge in [0.15, 0.2) is 0 Å². The highest BCUT2D eigenvalue weighted by Gasteiger charge is 2.45. The van der Waals surface area contributed by atoms with E-state index in [1.54, 1.807) is 0 Å². The van der Waals surface area contributed by atoms with Crippen molar-refractivity contribution in [3.05, 3.63) is 53.3 Å². The topological polar surface area (TPSA) is 47.6 Å². The monoisotopic (exact) mass is 395 g/mol. The number of carbonyl (C=O) groups is 1. The Kier molecular flexibility index (Phi) is 6.27. The Morgan fingerprint density at radius 3 is 2.97 bits per heavy atom. The van der Waals surface area contributed by atoms with Crippen molar-refractivity contribution in [2.45, 2.75) is 75.7 Å². The summed E-state index contributed by atoms with van der Waals surface area (Å²) in [5.41, 5.74) is 3.99. The largest absolute Gasteiger partial charge is 0.498 e. The van der Waals surface area contributed by atoms with Gasteiger partial charge in [-0.2, -0.15) is 0 Å². The lowest BCUT2D eigenvalue weighted by Crippen LogP contribution is -2.40. The molecule has 1 N–H and O–H groups in total. The number of carbonyl (C=O) groups excluding carboxylic acids is 1. The Morgan fingerprint density at radius 1 is 1.24 bits per heavy atom. The molecule has 1 saturated heterocycles. The summed E-state index contributed by atoms with van der Waals surface area (Å²) in [6.45, 7) is 5.11. The molecule has 2 fully saturated rings. The second-order valence-electron chi connectivity index (χ2n) is 8.83. The number of hydrogen-bond donors (Lipinski definition) is 1. The zero-order valence-electron chi connectivity index (χ0n) is 17.4. The third kappa shape index (κ3) is 4.85. The van der Waals surface area contributed by atoms with Crippen LogP contribution >= 0.6 is 0 Å². The van der Waals surface area contributed by atoms with Crippen molar-refractivity contribution in [1.29, 1.82) is 0 Å². The number of rotatable bonds is 9. The minimum atomic E-state index is -0.259. The van der Waals surface area contributed by atoms with Crippen molar-refractivity contribution in [1.82, 2.24) is 5.32 Å². The molecule has 0 aromatic heterocycles. The molecule has 4 heteroatoms. The number of benzene rings is 1. The molecule has 1 amide bonds. The summed E-state index contributed by atoms with van der Waals surface area (Å²) in [7, 11) is 0. The summed E-state index contributed by atoms with van der Waals surface area (Å²) in [5.74, 6) is 1.63. The van der Waals surface area contributed by atoms with Crippen LogP contribution in [-0.4, -0.2) is 24.8 Å². The van der Waals surface area contributed by atoms with Gasteiger partial charge in [-0.1, -0.05) is 37.1 Å². The highest BCUT2D eigenvalue weighted by atomic mass is 16.6. The van der Waals surface area contributed by atoms with E-state index in [0.29, 0.717) is 12.5 Å². The number of nitrogens with one attached hydrogen (secondary N) is 1. The normalized spacial score (nSPS) is 25.3. The molecule has 156 valence electrons. The molecule has 1 heterocycles. The molecule has 4 nitrogen and oxygen atoms in total. The van der Waals surface area contributed by atoms with E-state index in [2.05, 4.69) is 36.2 Å². The number of allylic oxidation sites excluding steroid dienone is 2. The number of cyclic esters (lactones) is 1. The van der Waals surface area contributed by atoms with Gasteiger partial charge in [0.05, 0.1) is 17.9 Å². The quantitative estimate of drug-likeness (QED) is 0.420. The third-order valence-corrected chi connectivity index (χ3v) is 6.64. The molecule has 1 saturated carbocycles. The summed E-state index contributed by atoms with van der Waals surface area (Å²) in [4.78, 5) is 11.5. The molecule has 29 heavy (non-hydrogen) atoms. The van der Waals surface area contributed by atoms with Crippen molar-refractivity contribution in [3.63, 3.8) is 0 Å². The molecule has 4 rings (SSSR count). The van der Waals surface area contributed by atoms with E-state index in [-0.39, 0.29) is 11.6 Å². The molecule has 0 bridgehead atoms. The van der Waals surface area contributed by atoms with Crippen LogP contribution in [0.3, 0.4) is 0 Å². The Labute approximate surface area is 174 Å². The zero-order chi connectivity index (χ0) is 20.1. The molecule has 1 aromatic carbocycles. The van der Waals surface area contributed by atoms with Gasteiger partial charge >= 0.3 is 6.09 Å². The molecule has 2 aliphatic carbocycles. The third-order valence-electron chi connectivity index (χ3n) is 6.64. The number of aryl methyl sites for hydroxylation is 1. The summed E-state index contributed by atoms with van der Waals surface area (Å²) in [5, 5.41) is 3.04. The van der Waals surface area contributed by atoms with E-state index in [9.17, 15) is 4.79 Å². The summed E-state index contributed by atoms with van der Waals surface area (Å²) in [6.07, 6.45) is 15.1. The van der Waals surface area contributed by atoms with Gasteiger partial charge in [-0.25, -0.2) is 4.79 Å². The van der Waals surface area contributed by atoms with Gasteiger partial charge in [-0.3, -0.25) is 0 Å². The van der Waals surface area contributed by atoms with Crippen LogP contribution in [0.25, 0.3) is 6.08 Å². The lowest BCUT2D eigenvalue weighted by atomic mass is 9.88. The SMILES string of the molecule is C=CCCCCCCOC1=Cc2ccc([C@H]3CC[C@]4(COC(=O)N4)C3)cc2CC1. The Hall–Kier alpha value is -2.23. The highest BCUT2D eigenvalue weighted by Crippen LogP contribution is 2.43. The van der Waals surface area contributed by atoms with Gasteiger partial charge in [0.25, 0.3) is 0 Å². The number of amides is 1. The van der Waals surface area contributed by atoms with Crippen LogP contribution in [0.15, 0.2) is 36.6 Å². The molecule has 3 aliphatic rings. The molecule has 1 spiro atoms. The van der Waals surface area contributed by atoms with Gasteiger partial charge < -0.3 is 14.8 Å². The number of hydrogen-bond acceptors (Lipinski definition) is 3. The Balaban J connectivity index is 1.29. The number of fused-ring (bicyclic) bond motifs is 1. The minimum Gasteiger partial charge on any atom is -0.498 e. The number of alkyl carbamates (subject to hydrolysis) is 1. The van der Waals surface area contributed by atoms with Crippen molar-refractivity contribution < 1.29 is 14.3 Å². The van der Waals surface area contributed by atoms with Gasteiger partial charge in [-0.15, -0.1) is 6.58 Å². The molecule has 0 radical (unpaired) electrons. The van der Waals surface area contributed by atoms with E-state index in [1.165, 1.54) is 36.0 Å². The Morgan fingerprint density at radius 2 is 2.14 bits per heavy atom. The van der Waals surface area contributed by atoms with Crippen LogP contribution < -0.4 is 5.32 Å². The van der Waals surface area contributed by atoms with Crippen molar-refractivity contribution in [3.8, 4) is 0 Å². The first kappa shape index (κ1) is 20.1. The zero-order valence-corrected chi connectivity index (χ0v) is 17.4. The fourth-order valence-electron chi connectivity index (χ4n) is 4.95. The first-order valence-corrected chi connectivity index (χ1v) is 11.2. The minimum absolute atomic E-state index is 0.135. The van der Waals surface area contributed by atoms with Gasteiger partial charge in [0.1, 0.15) is 6.61 Å². The second kappa shape index (κ2) is 9.06. The van der Waals surface area contributed by atoms with E-state index in [0.717, 1.165) is 57.3 Å². The molecule has 1 aliphatic heterocycles. The van der Waals surface area contributed by atoms with Crippen LogP contribution in [0, 0.1) is 0 Å². The van der Waals surface area contributed by atoms with Crippen LogP contribution in [0.2, 0.25) is 0 Å². The summed E-state index contributed by atoms with van der Waals surface area (Å²) in [6, 6.07) is 6.89. The van der Waals surface area contributed by atoms with Crippen molar-refractivity contribution in [2.24, 2.45) is 0 Å². The van der Waals surface area contributed by atoms with E-state index in [4.69, 9.17) is 9.47 Å². The maximum Gasteiger partial charge on any atom is 0.407 e. The maximum atomic E-state index is 11.5. The summed E-state index contributed by atoms with van der Waals surface area (Å²) < 4.78 is 11.2. The number of unbranched alkanes of at least 4 members (excludes halogenated alkanes) is 4. The maximum absolute atomic E-state index is 11.5. The van der Waals surface area contributed by atoms with Gasteiger partial charge in [-0.05, 0) is 73.6 Å². The van der Waals surface area contributed by atoms with Gasteiger partial charge in [0.2, 0.25) is 0 Å². The lowest BCUT2D eigenvalue weighted by Gasteiger charge is -2.22. The molecule has 1 aromatic rings. The van der Waals surface area contributed by atoms with Gasteiger partial charge in [0, 0.05) is 6.42 Å². The second-order valence-corrected chi connectivity index (χ2v) is 8.83. The smallest absolute Gasteiger partial charge is 0.407 e. The predicted molar refractivity (Wildman–Crippen MR) is 116 cm³/mol. The van der Waals surface area contributed by atoms with E-state index < -0.39 is 0 Å². The molecule has 2 atom stereocenters. The van der Waals surface area contributed by atoms with E-state index >= 15 is 0 Å². The number of ether oxygens (including phenoxy) is 2. The van der Waals surface area contributed by atoms with Crippen LogP contribution in [0.4, 0.5) is 4.79 Å². The van der Waals surface area contributed by atoms with E-state index in [1.807, 2.05) is 6.08 Å². The fourth-order valence-corrected chi connectivity index (χ4v) is 4.95. The Bertz CT molecular complexity index is 784. The lowest BCUT2D eigenvalue weighted by molar-refractivity contribution is 0.172. The average molecular weight is 396 g/mol. The first-order chi connectivity index (χ1) is 14.2.